The minimum atomic E-state index is 0.781. The number of hydrogen-bond donors (Lipinski definition) is 1. The van der Waals surface area contributed by atoms with E-state index in [-0.39, 0.29) is 0 Å². The molecule has 6 nitrogen and oxygen atoms in total. The number of nitrogens with one attached hydrogen (secondary N) is 1. The summed E-state index contributed by atoms with van der Waals surface area (Å²) in [7, 11) is 1.69. The van der Waals surface area contributed by atoms with Crippen LogP contribution in [0.15, 0.2) is 49.1 Å². The van der Waals surface area contributed by atoms with Gasteiger partial charge in [0.1, 0.15) is 5.75 Å². The highest BCUT2D eigenvalue weighted by Gasteiger charge is 2.14. The normalized spacial score (nSPS) is 11.2. The summed E-state index contributed by atoms with van der Waals surface area (Å²) >= 11 is 0. The van der Waals surface area contributed by atoms with Gasteiger partial charge < -0.3 is 19.0 Å². The first kappa shape index (κ1) is 19.1. The molecule has 0 unspecified atom stereocenters. The Labute approximate surface area is 171 Å². The Morgan fingerprint density at radius 2 is 2.03 bits per heavy atom. The van der Waals surface area contributed by atoms with Crippen molar-refractivity contribution in [3.05, 3.63) is 66.1 Å². The Morgan fingerprint density at radius 3 is 2.72 bits per heavy atom. The first-order valence-electron chi connectivity index (χ1n) is 10.1. The molecule has 0 fully saturated rings. The lowest BCUT2D eigenvalue weighted by atomic mass is 10.2. The highest BCUT2D eigenvalue weighted by atomic mass is 16.5. The third kappa shape index (κ3) is 3.58. The van der Waals surface area contributed by atoms with Gasteiger partial charge in [-0.2, -0.15) is 0 Å². The van der Waals surface area contributed by atoms with Crippen LogP contribution in [0.3, 0.4) is 0 Å². The fraction of sp³-hybridized carbons (Fsp3) is 0.304. The van der Waals surface area contributed by atoms with Crippen LogP contribution in [0.4, 0.5) is 11.4 Å². The number of rotatable bonds is 7. The van der Waals surface area contributed by atoms with E-state index in [1.165, 1.54) is 11.4 Å². The maximum Gasteiger partial charge on any atom is 0.161 e. The number of fused-ring (bicyclic) bond motifs is 1. The van der Waals surface area contributed by atoms with Gasteiger partial charge in [0.05, 0.1) is 36.2 Å². The maximum atomic E-state index is 5.64. The molecule has 150 valence electrons. The van der Waals surface area contributed by atoms with Crippen molar-refractivity contribution in [3.8, 4) is 11.4 Å². The Kier molecular flexibility index (Phi) is 5.25. The average molecular weight is 390 g/mol. The summed E-state index contributed by atoms with van der Waals surface area (Å²) in [6.07, 6.45) is 8.93. The highest BCUT2D eigenvalue weighted by molar-refractivity contribution is 5.75. The fourth-order valence-corrected chi connectivity index (χ4v) is 3.75. The van der Waals surface area contributed by atoms with E-state index in [1.54, 1.807) is 13.4 Å². The van der Waals surface area contributed by atoms with Crippen molar-refractivity contribution >= 4 is 17.0 Å². The molecule has 3 aromatic heterocycles. The van der Waals surface area contributed by atoms with Crippen LogP contribution in [0, 0.1) is 6.92 Å². The quantitative estimate of drug-likeness (QED) is 0.478. The number of aryl methyl sites for hydroxylation is 3. The Balaban J connectivity index is 1.71. The summed E-state index contributed by atoms with van der Waals surface area (Å²) < 4.78 is 9.81. The van der Waals surface area contributed by atoms with Crippen molar-refractivity contribution in [2.24, 2.45) is 0 Å². The van der Waals surface area contributed by atoms with E-state index in [0.717, 1.165) is 53.4 Å². The molecule has 0 saturated carbocycles. The van der Waals surface area contributed by atoms with E-state index in [9.17, 15) is 0 Å². The molecule has 0 spiro atoms. The Morgan fingerprint density at radius 1 is 1.17 bits per heavy atom. The van der Waals surface area contributed by atoms with Crippen molar-refractivity contribution in [3.63, 3.8) is 0 Å². The van der Waals surface area contributed by atoms with Gasteiger partial charge in [0.15, 0.2) is 5.65 Å². The van der Waals surface area contributed by atoms with Crippen molar-refractivity contribution < 1.29 is 4.74 Å². The monoisotopic (exact) mass is 389 g/mol. The van der Waals surface area contributed by atoms with Gasteiger partial charge in [-0.1, -0.05) is 20.3 Å². The predicted molar refractivity (Wildman–Crippen MR) is 117 cm³/mol. The first-order chi connectivity index (χ1) is 14.1. The van der Waals surface area contributed by atoms with Crippen LogP contribution in [0.2, 0.25) is 0 Å². The van der Waals surface area contributed by atoms with Crippen molar-refractivity contribution in [2.45, 2.75) is 40.0 Å². The number of pyridine rings is 1. The molecule has 6 heteroatoms. The van der Waals surface area contributed by atoms with Crippen LogP contribution in [0.25, 0.3) is 11.3 Å². The van der Waals surface area contributed by atoms with Crippen LogP contribution >= 0.6 is 0 Å². The van der Waals surface area contributed by atoms with Crippen molar-refractivity contribution in [2.75, 3.05) is 12.4 Å². The summed E-state index contributed by atoms with van der Waals surface area (Å²) in [5.41, 5.74) is 7.29. The molecule has 4 rings (SSSR count). The molecule has 0 atom stereocenters. The van der Waals surface area contributed by atoms with Gasteiger partial charge in [-0.3, -0.25) is 0 Å². The Hall–Kier alpha value is -3.28. The molecule has 0 radical (unpaired) electrons. The zero-order chi connectivity index (χ0) is 20.4. The van der Waals surface area contributed by atoms with E-state index in [4.69, 9.17) is 9.72 Å². The number of ether oxygens (including phenoxy) is 1. The second kappa shape index (κ2) is 7.99. The minimum Gasteiger partial charge on any atom is -0.494 e. The van der Waals surface area contributed by atoms with Crippen LogP contribution in [0.1, 0.15) is 37.4 Å². The van der Waals surface area contributed by atoms with Gasteiger partial charge in [0.25, 0.3) is 0 Å². The molecule has 0 aliphatic heterocycles. The molecule has 0 bridgehead atoms. The third-order valence-corrected chi connectivity index (χ3v) is 5.10. The van der Waals surface area contributed by atoms with Gasteiger partial charge in [-0.15, -0.1) is 0 Å². The topological polar surface area (TPSA) is 56.4 Å². The van der Waals surface area contributed by atoms with Crippen LogP contribution in [-0.2, 0) is 12.8 Å². The molecule has 29 heavy (non-hydrogen) atoms. The molecule has 3 heterocycles. The molecular formula is C23H27N5O. The number of aromatic nitrogens is 4. The van der Waals surface area contributed by atoms with Gasteiger partial charge in [-0.25, -0.2) is 9.97 Å². The number of anilines is 2. The number of methoxy groups -OCH3 is 1. The molecule has 0 aliphatic rings. The summed E-state index contributed by atoms with van der Waals surface area (Å²) in [6.45, 7) is 6.35. The van der Waals surface area contributed by atoms with Crippen LogP contribution < -0.4 is 10.1 Å². The second-order valence-electron chi connectivity index (χ2n) is 7.16. The molecule has 0 amide bonds. The summed E-state index contributed by atoms with van der Waals surface area (Å²) in [5, 5.41) is 3.52. The molecule has 0 aliphatic carbocycles. The summed E-state index contributed by atoms with van der Waals surface area (Å²) in [5.74, 6) is 0.781. The average Bonchev–Trinajstić information content (AvgIpc) is 3.31. The summed E-state index contributed by atoms with van der Waals surface area (Å²) in [4.78, 5) is 9.24. The lowest BCUT2D eigenvalue weighted by Gasteiger charge is -2.13. The van der Waals surface area contributed by atoms with Crippen LogP contribution in [-0.4, -0.2) is 26.0 Å². The van der Waals surface area contributed by atoms with E-state index >= 15 is 0 Å². The second-order valence-corrected chi connectivity index (χ2v) is 7.16. The number of benzene rings is 1. The molecular weight excluding hydrogens is 362 g/mol. The first-order valence-corrected chi connectivity index (χ1v) is 10.1. The van der Waals surface area contributed by atoms with Crippen molar-refractivity contribution in [1.82, 2.24) is 18.9 Å². The zero-order valence-corrected chi connectivity index (χ0v) is 17.4. The minimum absolute atomic E-state index is 0.781. The van der Waals surface area contributed by atoms with Crippen LogP contribution in [0.5, 0.6) is 5.75 Å². The largest absolute Gasteiger partial charge is 0.494 e. The number of imidazole rings is 2. The third-order valence-electron chi connectivity index (χ3n) is 5.10. The molecule has 4 aromatic rings. The fourth-order valence-electron chi connectivity index (χ4n) is 3.75. The maximum absolute atomic E-state index is 5.64. The predicted octanol–water partition coefficient (Wildman–Crippen LogP) is 5.10. The highest BCUT2D eigenvalue weighted by Crippen LogP contribution is 2.30. The molecule has 1 N–H and O–H groups in total. The molecule has 0 saturated heterocycles. The van der Waals surface area contributed by atoms with Gasteiger partial charge in [0.2, 0.25) is 0 Å². The smallest absolute Gasteiger partial charge is 0.161 e. The zero-order valence-electron chi connectivity index (χ0n) is 17.4. The molecule has 1 aromatic carbocycles. The standard InChI is InChI=1S/C23H27N5O/c1-5-8-18-20(6-2)28-12-7-9-19(23(28)26-18)25-17-10-11-21(22(13-17)29-4)27-14-16(3)24-15-27/h7,9-15,25H,5-6,8H2,1-4H3. The number of nitrogens with zero attached hydrogens (tertiary/aromatic N) is 4. The Bertz CT molecular complexity index is 1140. The van der Waals surface area contributed by atoms with Gasteiger partial charge in [-0.05, 0) is 44.0 Å². The van der Waals surface area contributed by atoms with E-state index in [0.29, 0.717) is 0 Å². The lowest BCUT2D eigenvalue weighted by molar-refractivity contribution is 0.413. The van der Waals surface area contributed by atoms with Gasteiger partial charge in [0, 0.05) is 29.8 Å². The van der Waals surface area contributed by atoms with E-state index < -0.39 is 0 Å². The lowest BCUT2D eigenvalue weighted by Crippen LogP contribution is -1.99. The SMILES string of the molecule is CCCc1nc2c(Nc3ccc(-n4cnc(C)c4)c(OC)c3)cccn2c1CC. The summed E-state index contributed by atoms with van der Waals surface area (Å²) in [6, 6.07) is 10.2. The van der Waals surface area contributed by atoms with Crippen molar-refractivity contribution in [1.29, 1.82) is 0 Å². The van der Waals surface area contributed by atoms with Gasteiger partial charge >= 0.3 is 0 Å². The number of hydrogen-bond acceptors (Lipinski definition) is 4. The van der Waals surface area contributed by atoms with E-state index in [2.05, 4.69) is 46.9 Å². The van der Waals surface area contributed by atoms with E-state index in [1.807, 2.05) is 35.9 Å².